The van der Waals surface area contributed by atoms with Crippen LogP contribution in [0.1, 0.15) is 33.6 Å². The van der Waals surface area contributed by atoms with Gasteiger partial charge in [-0.1, -0.05) is 13.8 Å². The third kappa shape index (κ3) is 2.84. The first-order chi connectivity index (χ1) is 10.2. The largest absolute Gasteiger partial charge is 0.479 e. The van der Waals surface area contributed by atoms with E-state index in [1.54, 1.807) is 13.8 Å². The van der Waals surface area contributed by atoms with Crippen molar-refractivity contribution >= 4 is 25.8 Å². The van der Waals surface area contributed by atoms with Gasteiger partial charge in [0.2, 0.25) is 11.8 Å². The first-order valence-electron chi connectivity index (χ1n) is 7.55. The molecule has 1 saturated heterocycles. The van der Waals surface area contributed by atoms with E-state index >= 15 is 0 Å². The van der Waals surface area contributed by atoms with Gasteiger partial charge in [-0.2, -0.15) is 0 Å². The lowest BCUT2D eigenvalue weighted by Gasteiger charge is -2.28. The number of aliphatic carboxylic acids is 1. The van der Waals surface area contributed by atoms with Gasteiger partial charge < -0.3 is 20.6 Å². The number of hydrogen-bond donors (Lipinski definition) is 3. The summed E-state index contributed by atoms with van der Waals surface area (Å²) in [5, 5.41) is 14.3. The van der Waals surface area contributed by atoms with Crippen molar-refractivity contribution in [1.29, 1.82) is 0 Å². The zero-order chi connectivity index (χ0) is 16.7. The van der Waals surface area contributed by atoms with E-state index in [9.17, 15) is 19.5 Å². The molecule has 1 saturated carbocycles. The summed E-state index contributed by atoms with van der Waals surface area (Å²) in [7, 11) is 5.29. The number of rotatable bonds is 5. The minimum atomic E-state index is -1.17. The molecular weight excluding hydrogens is 285 g/mol. The van der Waals surface area contributed by atoms with Gasteiger partial charge in [0.05, 0.1) is 6.04 Å². The van der Waals surface area contributed by atoms with Gasteiger partial charge in [0.25, 0.3) is 0 Å². The zero-order valence-corrected chi connectivity index (χ0v) is 13.1. The maximum Gasteiger partial charge on any atom is 0.329 e. The van der Waals surface area contributed by atoms with Gasteiger partial charge in [0, 0.05) is 6.54 Å². The fourth-order valence-corrected chi connectivity index (χ4v) is 3.11. The summed E-state index contributed by atoms with van der Waals surface area (Å²) in [5.74, 6) is -1.58. The SMILES string of the molecule is [B]N[C@@H](C)C(=O)N1C[C@H](C)C[C@H]1C(=O)N[C@]1(C(=O)O)C[C@@H]1C. The van der Waals surface area contributed by atoms with Crippen molar-refractivity contribution in [2.75, 3.05) is 6.54 Å². The van der Waals surface area contributed by atoms with Crippen LogP contribution in [0.25, 0.3) is 0 Å². The van der Waals surface area contributed by atoms with Crippen LogP contribution in [-0.2, 0) is 14.4 Å². The van der Waals surface area contributed by atoms with E-state index in [1.165, 1.54) is 4.90 Å². The number of carbonyl (C=O) groups is 3. The predicted molar refractivity (Wildman–Crippen MR) is 79.9 cm³/mol. The van der Waals surface area contributed by atoms with Crippen molar-refractivity contribution < 1.29 is 19.5 Å². The van der Waals surface area contributed by atoms with Crippen LogP contribution in [0.5, 0.6) is 0 Å². The molecule has 22 heavy (non-hydrogen) atoms. The van der Waals surface area contributed by atoms with E-state index in [0.717, 1.165) is 0 Å². The number of amides is 2. The molecule has 2 fully saturated rings. The Labute approximate surface area is 131 Å². The van der Waals surface area contributed by atoms with Gasteiger partial charge in [-0.05, 0) is 31.6 Å². The van der Waals surface area contributed by atoms with Gasteiger partial charge >= 0.3 is 5.97 Å². The second-order valence-electron chi connectivity index (χ2n) is 6.61. The third-order valence-corrected chi connectivity index (χ3v) is 4.75. The molecule has 5 atom stereocenters. The monoisotopic (exact) mass is 307 g/mol. The smallest absolute Gasteiger partial charge is 0.329 e. The van der Waals surface area contributed by atoms with Gasteiger partial charge in [0.1, 0.15) is 11.6 Å². The van der Waals surface area contributed by atoms with Crippen LogP contribution in [0, 0.1) is 11.8 Å². The molecule has 7 nitrogen and oxygen atoms in total. The summed E-state index contributed by atoms with van der Waals surface area (Å²) >= 11 is 0. The number of nitrogens with one attached hydrogen (secondary N) is 2. The quantitative estimate of drug-likeness (QED) is 0.581. The minimum absolute atomic E-state index is 0.0958. The minimum Gasteiger partial charge on any atom is -0.479 e. The highest BCUT2D eigenvalue weighted by atomic mass is 16.4. The van der Waals surface area contributed by atoms with Crippen LogP contribution in [0.15, 0.2) is 0 Å². The standard InChI is InChI=1S/C14H22BN3O4/c1-7-4-10(18(6-7)12(20)9(3)17-15)11(19)16-14(13(21)22)5-8(14)2/h7-10,17H,4-6H2,1-3H3,(H,16,19)(H,21,22)/t7-,8+,9+,10+,14-/m1/s1. The lowest BCUT2D eigenvalue weighted by molar-refractivity contribution is -0.145. The maximum absolute atomic E-state index is 12.5. The Morgan fingerprint density at radius 1 is 1.36 bits per heavy atom. The Balaban J connectivity index is 2.10. The highest BCUT2D eigenvalue weighted by Gasteiger charge is 2.60. The molecule has 1 aliphatic carbocycles. The molecule has 2 aliphatic rings. The molecular formula is C14H22BN3O4. The van der Waals surface area contributed by atoms with Crippen LogP contribution in [0.3, 0.4) is 0 Å². The Morgan fingerprint density at radius 3 is 2.41 bits per heavy atom. The molecule has 0 unspecified atom stereocenters. The molecule has 2 amide bonds. The van der Waals surface area contributed by atoms with Crippen molar-refractivity contribution in [2.24, 2.45) is 11.8 Å². The highest BCUT2D eigenvalue weighted by Crippen LogP contribution is 2.43. The molecule has 0 spiro atoms. The van der Waals surface area contributed by atoms with Crippen molar-refractivity contribution in [1.82, 2.24) is 15.4 Å². The average molecular weight is 307 g/mol. The number of carboxylic acid groups (broad SMARTS) is 1. The molecule has 0 bridgehead atoms. The maximum atomic E-state index is 12.5. The van der Waals surface area contributed by atoms with Crippen molar-refractivity contribution in [3.05, 3.63) is 0 Å². The molecule has 2 rings (SSSR count). The first kappa shape index (κ1) is 16.8. The molecule has 3 N–H and O–H groups in total. The van der Waals surface area contributed by atoms with Crippen LogP contribution >= 0.6 is 0 Å². The summed E-state index contributed by atoms with van der Waals surface area (Å²) in [4.78, 5) is 37.7. The Kier molecular flexibility index (Phi) is 4.51. The molecule has 120 valence electrons. The number of hydrogen-bond acceptors (Lipinski definition) is 4. The molecule has 8 heteroatoms. The average Bonchev–Trinajstić information content (AvgIpc) is 2.94. The van der Waals surface area contributed by atoms with E-state index in [0.29, 0.717) is 19.4 Å². The van der Waals surface area contributed by atoms with E-state index < -0.39 is 29.5 Å². The topological polar surface area (TPSA) is 98.7 Å². The Morgan fingerprint density at radius 2 is 1.95 bits per heavy atom. The molecule has 0 aromatic rings. The summed E-state index contributed by atoms with van der Waals surface area (Å²) in [6.45, 7) is 5.84. The second kappa shape index (κ2) is 5.91. The van der Waals surface area contributed by atoms with Gasteiger partial charge in [-0.15, -0.1) is 0 Å². The van der Waals surface area contributed by atoms with Gasteiger partial charge in [-0.25, -0.2) is 4.79 Å². The number of carboxylic acids is 1. The summed E-state index contributed by atoms with van der Waals surface area (Å²) in [6.07, 6.45) is 0.948. The van der Waals surface area contributed by atoms with E-state index in [-0.39, 0.29) is 17.7 Å². The van der Waals surface area contributed by atoms with Crippen LogP contribution in [-0.4, -0.2) is 59.9 Å². The molecule has 1 heterocycles. The first-order valence-corrected chi connectivity index (χ1v) is 7.55. The third-order valence-electron chi connectivity index (χ3n) is 4.75. The van der Waals surface area contributed by atoms with Crippen LogP contribution < -0.4 is 10.5 Å². The number of nitrogens with zero attached hydrogens (tertiary/aromatic N) is 1. The van der Waals surface area contributed by atoms with Crippen molar-refractivity contribution in [3.8, 4) is 0 Å². The molecule has 0 aromatic carbocycles. The van der Waals surface area contributed by atoms with Crippen molar-refractivity contribution in [2.45, 2.75) is 51.2 Å². The zero-order valence-electron chi connectivity index (χ0n) is 13.1. The lowest BCUT2D eigenvalue weighted by atomic mass is 10.1. The Bertz CT molecular complexity index is 500. The lowest BCUT2D eigenvalue weighted by Crippen LogP contribution is -2.55. The summed E-state index contributed by atoms with van der Waals surface area (Å²) in [5.41, 5.74) is -1.17. The highest BCUT2D eigenvalue weighted by molar-refractivity contribution is 6.07. The van der Waals surface area contributed by atoms with E-state index in [2.05, 4.69) is 10.5 Å². The number of likely N-dealkylation sites (tertiary alicyclic amines) is 1. The van der Waals surface area contributed by atoms with Crippen LogP contribution in [0.2, 0.25) is 0 Å². The Hall–Kier alpha value is -1.57. The predicted octanol–water partition coefficient (Wildman–Crippen LogP) is -0.736. The van der Waals surface area contributed by atoms with Gasteiger partial charge in [-0.3, -0.25) is 9.59 Å². The van der Waals surface area contributed by atoms with E-state index in [1.807, 2.05) is 6.92 Å². The van der Waals surface area contributed by atoms with Crippen LogP contribution in [0.4, 0.5) is 0 Å². The van der Waals surface area contributed by atoms with Crippen molar-refractivity contribution in [3.63, 3.8) is 0 Å². The molecule has 2 radical (unpaired) electrons. The summed E-state index contributed by atoms with van der Waals surface area (Å²) < 4.78 is 0. The molecule has 0 aromatic heterocycles. The number of carbonyl (C=O) groups excluding carboxylic acids is 2. The van der Waals surface area contributed by atoms with E-state index in [4.69, 9.17) is 7.98 Å². The van der Waals surface area contributed by atoms with Gasteiger partial charge in [0.15, 0.2) is 7.98 Å². The fourth-order valence-electron chi connectivity index (χ4n) is 3.11. The summed E-state index contributed by atoms with van der Waals surface area (Å²) in [6, 6.07) is -1.23. The fraction of sp³-hybridized carbons (Fsp3) is 0.786. The second-order valence-corrected chi connectivity index (χ2v) is 6.61. The normalized spacial score (nSPS) is 35.0. The molecule has 1 aliphatic heterocycles.